The second kappa shape index (κ2) is 33.8. The first-order valence-electron chi connectivity index (χ1n) is 34.5. The molecule has 0 heterocycles. The smallest absolute Gasteiger partial charge is 0.262 e. The van der Waals surface area contributed by atoms with Gasteiger partial charge in [0.1, 0.15) is 47.5 Å². The average Bonchev–Trinajstić information content (AvgIpc) is 0.785. The topological polar surface area (TPSA) is 178 Å². The third kappa shape index (κ3) is 16.2. The minimum atomic E-state index is -0.238. The number of ether oxygens (including phenoxy) is 6. The summed E-state index contributed by atoms with van der Waals surface area (Å²) in [6, 6.07) is 76.5. The Bertz CT molecular complexity index is 4760. The van der Waals surface area contributed by atoms with Gasteiger partial charge in [0, 0.05) is 69.7 Å². The Labute approximate surface area is 600 Å². The Morgan fingerprint density at radius 2 is 0.660 bits per heavy atom. The third-order valence-corrected chi connectivity index (χ3v) is 17.3. The van der Waals surface area contributed by atoms with Crippen molar-refractivity contribution >= 4 is 106 Å². The van der Waals surface area contributed by atoms with Crippen LogP contribution in [-0.4, -0.2) is 66.7 Å². The number of amides is 1. The molecule has 522 valence electrons. The molecule has 0 fully saturated rings. The summed E-state index contributed by atoms with van der Waals surface area (Å²) in [5.41, 5.74) is 10.4. The molecule has 0 unspecified atom stereocenters. The van der Waals surface area contributed by atoms with Gasteiger partial charge in [0.05, 0.1) is 75.2 Å². The first-order chi connectivity index (χ1) is 50.6. The molecule has 0 aliphatic carbocycles. The lowest BCUT2D eigenvalue weighted by Gasteiger charge is -2.25. The molecular weight excluding hydrogens is 1290 g/mol. The number of rotatable bonds is 31. The molecule has 0 bridgehead atoms. The molecule has 12 rings (SSSR count). The Kier molecular flexibility index (Phi) is 23.2. The van der Waals surface area contributed by atoms with E-state index in [1.54, 1.807) is 26.2 Å². The van der Waals surface area contributed by atoms with Crippen molar-refractivity contribution in [3.8, 4) is 34.5 Å². The van der Waals surface area contributed by atoms with Gasteiger partial charge in [-0.1, -0.05) is 72.8 Å². The van der Waals surface area contributed by atoms with Gasteiger partial charge in [0.15, 0.2) is 17.2 Å². The SMILES string of the molecule is CCOc1c(CON(CC)c2ccc(OC)cc2)cc2ccccc2c1N=Nc1ccc(N(c2ccc(N=Nc3c(OCC)c(CON(CC)c4ccc(OC)cc4)cc4ccccc34)cc2)c2ccc(N=Nc3c(OCC)c(C(=O)N(CC)c4ccc(OC)cc4)cc4ccccc34)cc2)cc1. The summed E-state index contributed by atoms with van der Waals surface area (Å²) in [6.45, 7) is 15.0. The number of nitrogens with zero attached hydrogens (tertiary/aromatic N) is 10. The van der Waals surface area contributed by atoms with Gasteiger partial charge in [0.2, 0.25) is 0 Å². The van der Waals surface area contributed by atoms with Crippen LogP contribution in [0.2, 0.25) is 0 Å². The standard InChI is InChI=1S/C84H82N10O9/c1-10-91(65-40-46-71(96-7)47-41-65)84(95)77-54-59-24-18-21-27-76(59)80(83(77)101-15-6)90-87-64-32-38-70(39-33-64)94(68-34-28-62(29-35-68)85-88-78-74-25-19-16-22-57(74)52-60(81(78)99-13-4)55-102-92(11-2)66-42-48-72(97-8)49-43-66)69-36-30-63(31-37-69)86-89-79-75-26-20-17-23-58(75)53-61(82(79)100-14-5)56-103-93(12-3)67-44-50-73(98-9)51-45-67/h16-54H,10-15,55-56H2,1-9H3. The van der Waals surface area contributed by atoms with Crippen LogP contribution in [0.5, 0.6) is 34.5 Å². The summed E-state index contributed by atoms with van der Waals surface area (Å²) in [5.74, 6) is 3.50. The first kappa shape index (κ1) is 70.7. The molecule has 1 amide bonds. The van der Waals surface area contributed by atoms with Gasteiger partial charge in [0.25, 0.3) is 5.91 Å². The van der Waals surface area contributed by atoms with Gasteiger partial charge in [-0.05, 0) is 221 Å². The van der Waals surface area contributed by atoms with E-state index in [0.29, 0.717) is 95.5 Å². The number of hydroxylamine groups is 2. The van der Waals surface area contributed by atoms with Gasteiger partial charge in [-0.2, -0.15) is 15.3 Å². The Hall–Kier alpha value is -12.2. The van der Waals surface area contributed by atoms with E-state index in [-0.39, 0.29) is 25.7 Å². The van der Waals surface area contributed by atoms with Crippen LogP contribution < -0.4 is 48.3 Å². The van der Waals surface area contributed by atoms with E-state index in [2.05, 4.69) is 29.2 Å². The molecule has 103 heavy (non-hydrogen) atoms. The van der Waals surface area contributed by atoms with Crippen molar-refractivity contribution in [2.24, 2.45) is 30.7 Å². The number of benzene rings is 12. The van der Waals surface area contributed by atoms with Gasteiger partial charge in [-0.3, -0.25) is 24.6 Å². The highest BCUT2D eigenvalue weighted by atomic mass is 16.7. The maximum Gasteiger partial charge on any atom is 0.262 e. The molecule has 12 aromatic rings. The van der Waals surface area contributed by atoms with Crippen molar-refractivity contribution in [2.75, 3.05) is 80.7 Å². The second-order valence-electron chi connectivity index (χ2n) is 23.6. The van der Waals surface area contributed by atoms with Crippen LogP contribution in [0, 0.1) is 0 Å². The van der Waals surface area contributed by atoms with Gasteiger partial charge < -0.3 is 38.2 Å². The molecule has 0 radical (unpaired) electrons. The van der Waals surface area contributed by atoms with Crippen molar-refractivity contribution in [3.63, 3.8) is 0 Å². The summed E-state index contributed by atoms with van der Waals surface area (Å²) in [6.07, 6.45) is 0. The van der Waals surface area contributed by atoms with E-state index in [0.717, 1.165) is 89.1 Å². The summed E-state index contributed by atoms with van der Waals surface area (Å²) >= 11 is 0. The molecule has 0 atom stereocenters. The zero-order chi connectivity index (χ0) is 71.6. The normalized spacial score (nSPS) is 11.5. The maximum atomic E-state index is 14.7. The number of anilines is 6. The Morgan fingerprint density at radius 3 is 1.00 bits per heavy atom. The highest BCUT2D eigenvalue weighted by Gasteiger charge is 2.26. The molecule has 19 heteroatoms. The quantitative estimate of drug-likeness (QED) is 0.0297. The number of azo groups is 3. The van der Waals surface area contributed by atoms with E-state index >= 15 is 0 Å². The van der Waals surface area contributed by atoms with E-state index in [4.69, 9.17) is 68.8 Å². The lowest BCUT2D eigenvalue weighted by Crippen LogP contribution is -2.31. The fourth-order valence-electron chi connectivity index (χ4n) is 12.2. The second-order valence-corrected chi connectivity index (χ2v) is 23.6. The zero-order valence-electron chi connectivity index (χ0n) is 59.3. The van der Waals surface area contributed by atoms with Crippen LogP contribution in [0.25, 0.3) is 32.3 Å². The van der Waals surface area contributed by atoms with Crippen LogP contribution in [0.1, 0.15) is 63.0 Å². The highest BCUT2D eigenvalue weighted by Crippen LogP contribution is 2.46. The minimum absolute atomic E-state index is 0.217. The molecule has 0 aliphatic heterocycles. The van der Waals surface area contributed by atoms with Crippen LogP contribution in [-0.2, 0) is 22.9 Å². The molecular formula is C84H82N10O9. The van der Waals surface area contributed by atoms with Gasteiger partial charge >= 0.3 is 0 Å². The van der Waals surface area contributed by atoms with Crippen LogP contribution in [0.4, 0.5) is 68.2 Å². The fourth-order valence-corrected chi connectivity index (χ4v) is 12.2. The Morgan fingerprint density at radius 1 is 0.340 bits per heavy atom. The van der Waals surface area contributed by atoms with Crippen molar-refractivity contribution in [3.05, 3.63) is 253 Å². The van der Waals surface area contributed by atoms with E-state index in [1.165, 1.54) is 0 Å². The first-order valence-corrected chi connectivity index (χ1v) is 34.5. The van der Waals surface area contributed by atoms with Gasteiger partial charge in [-0.25, -0.2) is 0 Å². The number of carbonyl (C=O) groups excluding carboxylic acids is 1. The number of methoxy groups -OCH3 is 3. The highest BCUT2D eigenvalue weighted by molar-refractivity contribution is 6.13. The molecule has 12 aromatic carbocycles. The summed E-state index contributed by atoms with van der Waals surface area (Å²) < 4.78 is 35.4. The summed E-state index contributed by atoms with van der Waals surface area (Å²) in [7, 11) is 4.92. The monoisotopic (exact) mass is 1370 g/mol. The molecule has 19 nitrogen and oxygen atoms in total. The fraction of sp³-hybridized carbons (Fsp3) is 0.202. The molecule has 0 saturated carbocycles. The Balaban J connectivity index is 0.883. The van der Waals surface area contributed by atoms with Crippen LogP contribution in [0.15, 0.2) is 267 Å². The van der Waals surface area contributed by atoms with Crippen molar-refractivity contribution in [1.29, 1.82) is 0 Å². The van der Waals surface area contributed by atoms with Crippen LogP contribution >= 0.6 is 0 Å². The van der Waals surface area contributed by atoms with Crippen LogP contribution in [0.3, 0.4) is 0 Å². The number of hydrogen-bond donors (Lipinski definition) is 0. The largest absolute Gasteiger partial charge is 0.497 e. The lowest BCUT2D eigenvalue weighted by atomic mass is 10.0. The third-order valence-electron chi connectivity index (χ3n) is 17.3. The summed E-state index contributed by atoms with van der Waals surface area (Å²) in [5, 5.41) is 38.4. The molecule has 0 spiro atoms. The maximum absolute atomic E-state index is 14.7. The number of fused-ring (bicyclic) bond motifs is 3. The van der Waals surface area contributed by atoms with Gasteiger partial charge in [-0.15, -0.1) is 15.3 Å². The predicted octanol–water partition coefficient (Wildman–Crippen LogP) is 22.7. The zero-order valence-corrected chi connectivity index (χ0v) is 59.3. The van der Waals surface area contributed by atoms with E-state index in [9.17, 15) is 4.79 Å². The van der Waals surface area contributed by atoms with Crippen molar-refractivity contribution in [1.82, 2.24) is 0 Å². The average molecular weight is 1380 g/mol. The summed E-state index contributed by atoms with van der Waals surface area (Å²) in [4.78, 5) is 31.5. The molecule has 0 N–H and O–H groups in total. The molecule has 0 aromatic heterocycles. The minimum Gasteiger partial charge on any atom is -0.497 e. The van der Waals surface area contributed by atoms with Crippen molar-refractivity contribution < 1.29 is 42.9 Å². The lowest BCUT2D eigenvalue weighted by molar-refractivity contribution is 0.0952. The number of hydrogen-bond acceptors (Lipinski definition) is 18. The molecule has 0 aliphatic rings. The molecule has 0 saturated heterocycles. The van der Waals surface area contributed by atoms with E-state index in [1.807, 2.05) is 264 Å². The van der Waals surface area contributed by atoms with Crippen molar-refractivity contribution in [2.45, 2.75) is 54.8 Å². The van der Waals surface area contributed by atoms with E-state index < -0.39 is 0 Å². The predicted molar refractivity (Wildman–Crippen MR) is 411 cm³/mol. The number of carbonyl (C=O) groups is 1.